The third-order valence-corrected chi connectivity index (χ3v) is 4.66. The molecule has 3 N–H and O–H groups in total. The van der Waals surface area contributed by atoms with Gasteiger partial charge in [0.05, 0.1) is 0 Å². The van der Waals surface area contributed by atoms with Crippen molar-refractivity contribution in [3.05, 3.63) is 0 Å². The summed E-state index contributed by atoms with van der Waals surface area (Å²) in [6.45, 7) is 12.0. The van der Waals surface area contributed by atoms with Gasteiger partial charge < -0.3 is 15.8 Å². The normalized spacial score (nSPS) is 20.7. The SMILES string of the molecule is CC(C)C(CCN)CCCNCC1(C)CCOCC1. The number of nitrogens with one attached hydrogen (secondary N) is 1. The molecule has 1 unspecified atom stereocenters. The molecule has 19 heavy (non-hydrogen) atoms. The van der Waals surface area contributed by atoms with Crippen molar-refractivity contribution in [3.63, 3.8) is 0 Å². The molecule has 0 bridgehead atoms. The predicted octanol–water partition coefficient (Wildman–Crippen LogP) is 2.79. The number of hydrogen-bond acceptors (Lipinski definition) is 3. The summed E-state index contributed by atoms with van der Waals surface area (Å²) in [5, 5.41) is 3.65. The molecule has 1 heterocycles. The summed E-state index contributed by atoms with van der Waals surface area (Å²) in [5.41, 5.74) is 6.14. The Hall–Kier alpha value is -0.120. The Labute approximate surface area is 119 Å². The highest BCUT2D eigenvalue weighted by atomic mass is 16.5. The molecular weight excluding hydrogens is 236 g/mol. The van der Waals surface area contributed by atoms with Gasteiger partial charge in [-0.2, -0.15) is 0 Å². The molecule has 0 amide bonds. The molecule has 0 aromatic heterocycles. The minimum Gasteiger partial charge on any atom is -0.381 e. The third-order valence-electron chi connectivity index (χ3n) is 4.66. The van der Waals surface area contributed by atoms with Crippen LogP contribution in [0.1, 0.15) is 52.9 Å². The van der Waals surface area contributed by atoms with Gasteiger partial charge in [-0.15, -0.1) is 0 Å². The Morgan fingerprint density at radius 1 is 1.21 bits per heavy atom. The quantitative estimate of drug-likeness (QED) is 0.633. The van der Waals surface area contributed by atoms with Crippen LogP contribution in [-0.2, 0) is 4.74 Å². The zero-order chi connectivity index (χ0) is 14.1. The molecule has 1 aliphatic heterocycles. The smallest absolute Gasteiger partial charge is 0.0471 e. The monoisotopic (exact) mass is 270 g/mol. The van der Waals surface area contributed by atoms with Crippen LogP contribution in [-0.4, -0.2) is 32.8 Å². The summed E-state index contributed by atoms with van der Waals surface area (Å²) in [6.07, 6.45) is 6.15. The van der Waals surface area contributed by atoms with Gasteiger partial charge in [0.25, 0.3) is 0 Å². The van der Waals surface area contributed by atoms with Crippen molar-refractivity contribution < 1.29 is 4.74 Å². The molecule has 0 aromatic carbocycles. The summed E-state index contributed by atoms with van der Waals surface area (Å²) in [5.74, 6) is 1.56. The minimum atomic E-state index is 0.451. The molecule has 1 fully saturated rings. The van der Waals surface area contributed by atoms with E-state index in [2.05, 4.69) is 26.1 Å². The van der Waals surface area contributed by atoms with Gasteiger partial charge in [0.15, 0.2) is 0 Å². The topological polar surface area (TPSA) is 47.3 Å². The highest BCUT2D eigenvalue weighted by Crippen LogP contribution is 2.28. The average molecular weight is 270 g/mol. The molecule has 1 aliphatic rings. The Morgan fingerprint density at radius 2 is 1.89 bits per heavy atom. The molecule has 3 heteroatoms. The van der Waals surface area contributed by atoms with Gasteiger partial charge in [0.1, 0.15) is 0 Å². The number of hydrogen-bond donors (Lipinski definition) is 2. The average Bonchev–Trinajstić information content (AvgIpc) is 2.37. The standard InChI is InChI=1S/C16H34N2O/c1-14(2)15(6-9-17)5-4-10-18-13-16(3)7-11-19-12-8-16/h14-15,18H,4-13,17H2,1-3H3. The zero-order valence-electron chi connectivity index (χ0n) is 13.2. The van der Waals surface area contributed by atoms with Gasteiger partial charge in [-0.05, 0) is 62.4 Å². The lowest BCUT2D eigenvalue weighted by Gasteiger charge is -2.33. The van der Waals surface area contributed by atoms with E-state index in [0.717, 1.165) is 44.7 Å². The van der Waals surface area contributed by atoms with E-state index in [1.165, 1.54) is 32.1 Å². The first kappa shape index (κ1) is 16.9. The molecule has 0 aliphatic carbocycles. The Morgan fingerprint density at radius 3 is 2.47 bits per heavy atom. The van der Waals surface area contributed by atoms with E-state index in [1.807, 2.05) is 0 Å². The third kappa shape index (κ3) is 6.73. The van der Waals surface area contributed by atoms with Crippen LogP contribution >= 0.6 is 0 Å². The second-order valence-corrected chi connectivity index (χ2v) is 6.82. The van der Waals surface area contributed by atoms with E-state index in [0.29, 0.717) is 5.41 Å². The molecule has 114 valence electrons. The first-order chi connectivity index (χ1) is 9.07. The number of nitrogens with two attached hydrogens (primary N) is 1. The van der Waals surface area contributed by atoms with Crippen LogP contribution in [0.5, 0.6) is 0 Å². The Bertz CT molecular complexity index is 225. The maximum Gasteiger partial charge on any atom is 0.0471 e. The molecule has 1 rings (SSSR count). The molecule has 1 atom stereocenters. The second-order valence-electron chi connectivity index (χ2n) is 6.82. The molecule has 0 aromatic rings. The second kappa shape index (κ2) is 8.93. The fourth-order valence-corrected chi connectivity index (χ4v) is 2.95. The number of ether oxygens (including phenoxy) is 1. The van der Waals surface area contributed by atoms with Gasteiger partial charge in [0, 0.05) is 19.8 Å². The van der Waals surface area contributed by atoms with Crippen LogP contribution < -0.4 is 11.1 Å². The van der Waals surface area contributed by atoms with E-state index < -0.39 is 0 Å². The maximum atomic E-state index is 5.69. The summed E-state index contributed by atoms with van der Waals surface area (Å²) >= 11 is 0. The summed E-state index contributed by atoms with van der Waals surface area (Å²) < 4.78 is 5.44. The number of rotatable bonds is 9. The van der Waals surface area contributed by atoms with Crippen LogP contribution in [0.3, 0.4) is 0 Å². The first-order valence-corrected chi connectivity index (χ1v) is 8.06. The molecule has 0 radical (unpaired) electrons. The summed E-state index contributed by atoms with van der Waals surface area (Å²) in [4.78, 5) is 0. The van der Waals surface area contributed by atoms with Crippen LogP contribution in [0.15, 0.2) is 0 Å². The summed E-state index contributed by atoms with van der Waals surface area (Å²) in [6, 6.07) is 0. The van der Waals surface area contributed by atoms with Gasteiger partial charge in [-0.3, -0.25) is 0 Å². The van der Waals surface area contributed by atoms with Gasteiger partial charge in [-0.1, -0.05) is 20.8 Å². The van der Waals surface area contributed by atoms with Crippen LogP contribution in [0.2, 0.25) is 0 Å². The maximum absolute atomic E-state index is 5.69. The van der Waals surface area contributed by atoms with Crippen molar-refractivity contribution >= 4 is 0 Å². The molecule has 3 nitrogen and oxygen atoms in total. The first-order valence-electron chi connectivity index (χ1n) is 8.06. The lowest BCUT2D eigenvalue weighted by Crippen LogP contribution is -2.37. The highest BCUT2D eigenvalue weighted by Gasteiger charge is 2.26. The van der Waals surface area contributed by atoms with Crippen molar-refractivity contribution in [2.45, 2.75) is 52.9 Å². The lowest BCUT2D eigenvalue weighted by atomic mass is 9.82. The fraction of sp³-hybridized carbons (Fsp3) is 1.00. The van der Waals surface area contributed by atoms with Crippen LogP contribution in [0.4, 0.5) is 0 Å². The van der Waals surface area contributed by atoms with E-state index in [9.17, 15) is 0 Å². The van der Waals surface area contributed by atoms with Crippen molar-refractivity contribution in [2.75, 3.05) is 32.8 Å². The van der Waals surface area contributed by atoms with Crippen molar-refractivity contribution in [3.8, 4) is 0 Å². The van der Waals surface area contributed by atoms with E-state index >= 15 is 0 Å². The van der Waals surface area contributed by atoms with Crippen molar-refractivity contribution in [1.29, 1.82) is 0 Å². The van der Waals surface area contributed by atoms with Crippen LogP contribution in [0, 0.1) is 17.3 Å². The van der Waals surface area contributed by atoms with Gasteiger partial charge >= 0.3 is 0 Å². The van der Waals surface area contributed by atoms with E-state index in [1.54, 1.807) is 0 Å². The fourth-order valence-electron chi connectivity index (χ4n) is 2.95. The van der Waals surface area contributed by atoms with Crippen molar-refractivity contribution in [2.24, 2.45) is 23.0 Å². The zero-order valence-corrected chi connectivity index (χ0v) is 13.2. The highest BCUT2D eigenvalue weighted by molar-refractivity contribution is 4.79. The van der Waals surface area contributed by atoms with Crippen LogP contribution in [0.25, 0.3) is 0 Å². The molecule has 1 saturated heterocycles. The summed E-state index contributed by atoms with van der Waals surface area (Å²) in [7, 11) is 0. The molecule has 0 saturated carbocycles. The molecular formula is C16H34N2O. The Balaban J connectivity index is 2.09. The van der Waals surface area contributed by atoms with E-state index in [-0.39, 0.29) is 0 Å². The molecule has 0 spiro atoms. The predicted molar refractivity (Wildman–Crippen MR) is 82.3 cm³/mol. The Kier molecular flexibility index (Phi) is 7.96. The van der Waals surface area contributed by atoms with E-state index in [4.69, 9.17) is 10.5 Å². The van der Waals surface area contributed by atoms with Gasteiger partial charge in [-0.25, -0.2) is 0 Å². The minimum absolute atomic E-state index is 0.451. The largest absolute Gasteiger partial charge is 0.381 e. The lowest BCUT2D eigenvalue weighted by molar-refractivity contribution is 0.0241. The van der Waals surface area contributed by atoms with Crippen molar-refractivity contribution in [1.82, 2.24) is 5.32 Å². The van der Waals surface area contributed by atoms with Gasteiger partial charge in [0.2, 0.25) is 0 Å².